The number of rotatable bonds is 6. The zero-order chi connectivity index (χ0) is 24.4. The topological polar surface area (TPSA) is 79.4 Å². The number of thiazole rings is 1. The lowest BCUT2D eigenvalue weighted by molar-refractivity contribution is -0.120. The minimum Gasteiger partial charge on any atom is -0.326 e. The Labute approximate surface area is 213 Å². The van der Waals surface area contributed by atoms with E-state index in [0.29, 0.717) is 30.8 Å². The van der Waals surface area contributed by atoms with Gasteiger partial charge in [-0.05, 0) is 55.5 Å². The monoisotopic (exact) mass is 523 g/mol. The van der Waals surface area contributed by atoms with Crippen LogP contribution in [0.1, 0.15) is 12.8 Å². The molecule has 35 heavy (non-hydrogen) atoms. The van der Waals surface area contributed by atoms with Gasteiger partial charge in [0.15, 0.2) is 0 Å². The fraction of sp³-hybridized carbons (Fsp3) is 0.231. The molecule has 1 aliphatic rings. The molecule has 9 heteroatoms. The summed E-state index contributed by atoms with van der Waals surface area (Å²) >= 11 is 3.04. The summed E-state index contributed by atoms with van der Waals surface area (Å²) in [5, 5.41) is 3.93. The zero-order valence-corrected chi connectivity index (χ0v) is 21.6. The molecule has 5 rings (SSSR count). The van der Waals surface area contributed by atoms with Crippen LogP contribution in [0.5, 0.6) is 0 Å². The minimum atomic E-state index is -3.59. The number of anilines is 1. The summed E-state index contributed by atoms with van der Waals surface area (Å²) in [6.45, 7) is 0.657. The second-order valence-electron chi connectivity index (χ2n) is 8.39. The van der Waals surface area contributed by atoms with Gasteiger partial charge >= 0.3 is 0 Å². The molecule has 0 atom stereocenters. The molecule has 4 aromatic rings. The van der Waals surface area contributed by atoms with Gasteiger partial charge in [0.25, 0.3) is 0 Å². The number of hydrogen-bond donors (Lipinski definition) is 1. The summed E-state index contributed by atoms with van der Waals surface area (Å²) < 4.78 is 29.0. The molecule has 0 unspecified atom stereocenters. The normalized spacial score (nSPS) is 15.3. The second-order valence-corrected chi connectivity index (χ2v) is 12.2. The first-order chi connectivity index (χ1) is 17.0. The first-order valence-corrected chi connectivity index (χ1v) is 14.8. The van der Waals surface area contributed by atoms with E-state index in [9.17, 15) is 13.2 Å². The molecule has 1 saturated heterocycles. The lowest BCUT2D eigenvalue weighted by Gasteiger charge is -2.31. The molecule has 1 aliphatic heterocycles. The maximum atomic E-state index is 13.2. The molecule has 0 radical (unpaired) electrons. The Morgan fingerprint density at radius 3 is 2.54 bits per heavy atom. The number of thioether (sulfide) groups is 1. The molecule has 1 N–H and O–H groups in total. The van der Waals surface area contributed by atoms with Gasteiger partial charge in [0.05, 0.1) is 15.1 Å². The van der Waals surface area contributed by atoms with Crippen LogP contribution in [-0.2, 0) is 14.8 Å². The number of nitrogens with one attached hydrogen (secondary N) is 1. The van der Waals surface area contributed by atoms with Crippen LogP contribution in [0.25, 0.3) is 20.8 Å². The lowest BCUT2D eigenvalue weighted by Crippen LogP contribution is -2.41. The van der Waals surface area contributed by atoms with E-state index in [1.165, 1.54) is 16.1 Å². The molecule has 6 nitrogen and oxygen atoms in total. The summed E-state index contributed by atoms with van der Waals surface area (Å²) in [6.07, 6.45) is 2.85. The predicted molar refractivity (Wildman–Crippen MR) is 143 cm³/mol. The molecule has 1 fully saturated rings. The number of fused-ring (bicyclic) bond motifs is 1. The summed E-state index contributed by atoms with van der Waals surface area (Å²) in [7, 11) is -3.59. The SMILES string of the molecule is CSc1ccccc1S(=O)(=O)N1CCC(C(=O)Nc2cccc(-c3nc4ccccc4s3)c2)CC1. The number of para-hydroxylation sites is 1. The van der Waals surface area contributed by atoms with E-state index < -0.39 is 10.0 Å². The molecule has 0 aliphatic carbocycles. The predicted octanol–water partition coefficient (Wildman–Crippen LogP) is 5.72. The van der Waals surface area contributed by atoms with Crippen molar-refractivity contribution in [3.63, 3.8) is 0 Å². The van der Waals surface area contributed by atoms with E-state index in [1.54, 1.807) is 23.5 Å². The van der Waals surface area contributed by atoms with Crippen LogP contribution in [0.2, 0.25) is 0 Å². The Bertz CT molecular complexity index is 1440. The van der Waals surface area contributed by atoms with Gasteiger partial charge in [-0.1, -0.05) is 36.4 Å². The number of carbonyl (C=O) groups is 1. The number of sulfonamides is 1. The molecular formula is C26H25N3O3S3. The molecule has 3 aromatic carbocycles. The third-order valence-electron chi connectivity index (χ3n) is 6.18. The van der Waals surface area contributed by atoms with Crippen molar-refractivity contribution >= 4 is 54.9 Å². The number of piperidine rings is 1. The van der Waals surface area contributed by atoms with Crippen molar-refractivity contribution in [2.75, 3.05) is 24.7 Å². The summed E-state index contributed by atoms with van der Waals surface area (Å²) in [4.78, 5) is 18.8. The summed E-state index contributed by atoms with van der Waals surface area (Å²) in [5.41, 5.74) is 2.64. The average molecular weight is 524 g/mol. The van der Waals surface area contributed by atoms with E-state index in [2.05, 4.69) is 5.32 Å². The molecular weight excluding hydrogens is 499 g/mol. The van der Waals surface area contributed by atoms with Gasteiger partial charge in [0, 0.05) is 35.2 Å². The van der Waals surface area contributed by atoms with Gasteiger partial charge in [-0.2, -0.15) is 4.31 Å². The Morgan fingerprint density at radius 1 is 1.03 bits per heavy atom. The van der Waals surface area contributed by atoms with Crippen LogP contribution in [-0.4, -0.2) is 43.0 Å². The molecule has 1 amide bonds. The van der Waals surface area contributed by atoms with Gasteiger partial charge < -0.3 is 5.32 Å². The average Bonchev–Trinajstić information content (AvgIpc) is 3.33. The van der Waals surface area contributed by atoms with Gasteiger partial charge in [-0.15, -0.1) is 23.1 Å². The second kappa shape index (κ2) is 10.1. The number of carbonyl (C=O) groups excluding carboxylic acids is 1. The van der Waals surface area contributed by atoms with Crippen molar-refractivity contribution in [1.82, 2.24) is 9.29 Å². The zero-order valence-electron chi connectivity index (χ0n) is 19.2. The standard InChI is InChI=1S/C26H25N3O3S3/c1-33-23-11-4-5-12-24(23)35(31,32)29-15-13-18(14-16-29)25(30)27-20-8-6-7-19(17-20)26-28-21-9-2-3-10-22(21)34-26/h2-12,17-18H,13-16H2,1H3,(H,27,30). The number of nitrogens with zero attached hydrogens (tertiary/aromatic N) is 2. The molecule has 2 heterocycles. The number of hydrogen-bond acceptors (Lipinski definition) is 6. The van der Waals surface area contributed by atoms with Crippen molar-refractivity contribution in [1.29, 1.82) is 0 Å². The smallest absolute Gasteiger partial charge is 0.244 e. The Balaban J connectivity index is 1.24. The molecule has 0 spiro atoms. The van der Waals surface area contributed by atoms with Crippen molar-refractivity contribution in [2.45, 2.75) is 22.6 Å². The highest BCUT2D eigenvalue weighted by molar-refractivity contribution is 7.99. The van der Waals surface area contributed by atoms with Gasteiger partial charge in [-0.25, -0.2) is 13.4 Å². The van der Waals surface area contributed by atoms with Crippen molar-refractivity contribution in [3.05, 3.63) is 72.8 Å². The molecule has 0 saturated carbocycles. The maximum Gasteiger partial charge on any atom is 0.244 e. The lowest BCUT2D eigenvalue weighted by atomic mass is 9.97. The first-order valence-electron chi connectivity index (χ1n) is 11.4. The summed E-state index contributed by atoms with van der Waals surface area (Å²) in [6, 6.07) is 22.8. The molecule has 0 bridgehead atoms. The largest absolute Gasteiger partial charge is 0.326 e. The quantitative estimate of drug-likeness (QED) is 0.327. The van der Waals surface area contributed by atoms with Crippen LogP contribution in [0.3, 0.4) is 0 Å². The van der Waals surface area contributed by atoms with Crippen molar-refractivity contribution in [2.24, 2.45) is 5.92 Å². The van der Waals surface area contributed by atoms with Crippen LogP contribution >= 0.6 is 23.1 Å². The Kier molecular flexibility index (Phi) is 6.93. The molecule has 1 aromatic heterocycles. The third-order valence-corrected chi connectivity index (χ3v) is 10.1. The van der Waals surface area contributed by atoms with E-state index in [-0.39, 0.29) is 11.8 Å². The van der Waals surface area contributed by atoms with Gasteiger partial charge in [-0.3, -0.25) is 4.79 Å². The highest BCUT2D eigenvalue weighted by atomic mass is 32.2. The number of benzene rings is 3. The van der Waals surface area contributed by atoms with Crippen LogP contribution < -0.4 is 5.32 Å². The summed E-state index contributed by atoms with van der Waals surface area (Å²) in [5.74, 6) is -0.309. The van der Waals surface area contributed by atoms with Crippen LogP contribution in [0, 0.1) is 5.92 Å². The van der Waals surface area contributed by atoms with E-state index in [0.717, 1.165) is 31.4 Å². The van der Waals surface area contributed by atoms with Crippen LogP contribution in [0.4, 0.5) is 5.69 Å². The van der Waals surface area contributed by atoms with Crippen LogP contribution in [0.15, 0.2) is 82.6 Å². The van der Waals surface area contributed by atoms with E-state index >= 15 is 0 Å². The van der Waals surface area contributed by atoms with E-state index in [1.807, 2.05) is 66.9 Å². The first kappa shape index (κ1) is 24.0. The van der Waals surface area contributed by atoms with E-state index in [4.69, 9.17) is 4.98 Å². The fourth-order valence-electron chi connectivity index (χ4n) is 4.30. The fourth-order valence-corrected chi connectivity index (χ4v) is 7.85. The highest BCUT2D eigenvalue weighted by Gasteiger charge is 2.33. The Hall–Kier alpha value is -2.72. The number of amides is 1. The van der Waals surface area contributed by atoms with Crippen molar-refractivity contribution in [3.8, 4) is 10.6 Å². The third kappa shape index (κ3) is 4.99. The maximum absolute atomic E-state index is 13.2. The van der Waals surface area contributed by atoms with Gasteiger partial charge in [0.2, 0.25) is 15.9 Å². The number of aromatic nitrogens is 1. The highest BCUT2D eigenvalue weighted by Crippen LogP contribution is 2.32. The molecule has 180 valence electrons. The Morgan fingerprint density at radius 2 is 1.77 bits per heavy atom. The van der Waals surface area contributed by atoms with Gasteiger partial charge in [0.1, 0.15) is 5.01 Å². The van der Waals surface area contributed by atoms with Crippen molar-refractivity contribution < 1.29 is 13.2 Å². The minimum absolute atomic E-state index is 0.0759.